The van der Waals surface area contributed by atoms with Gasteiger partial charge in [-0.25, -0.2) is 0 Å². The largest absolute Gasteiger partial charge is 0.306 e. The smallest absolute Gasteiger partial charge is 0.250 e. The SMILES string of the molecule is C=CC(=O)N(c1ccc(C)cc1)C1CCN(CCc2ccccc2)CC1. The van der Waals surface area contributed by atoms with Gasteiger partial charge in [0.25, 0.3) is 5.91 Å². The number of amides is 1. The summed E-state index contributed by atoms with van der Waals surface area (Å²) in [7, 11) is 0. The quantitative estimate of drug-likeness (QED) is 0.730. The lowest BCUT2D eigenvalue weighted by atomic mass is 10.0. The topological polar surface area (TPSA) is 23.6 Å². The summed E-state index contributed by atoms with van der Waals surface area (Å²) in [5.41, 5.74) is 3.57. The molecule has 3 nitrogen and oxygen atoms in total. The Morgan fingerprint density at radius 1 is 1.12 bits per heavy atom. The summed E-state index contributed by atoms with van der Waals surface area (Å²) in [6, 6.07) is 19.1. The first kappa shape index (κ1) is 18.4. The van der Waals surface area contributed by atoms with Crippen LogP contribution in [0.15, 0.2) is 67.3 Å². The Hall–Kier alpha value is -2.39. The van der Waals surface area contributed by atoms with Crippen LogP contribution < -0.4 is 4.90 Å². The zero-order valence-corrected chi connectivity index (χ0v) is 15.6. The second-order valence-corrected chi connectivity index (χ2v) is 7.06. The fourth-order valence-electron chi connectivity index (χ4n) is 3.65. The number of benzene rings is 2. The monoisotopic (exact) mass is 348 g/mol. The molecule has 1 heterocycles. The van der Waals surface area contributed by atoms with E-state index in [-0.39, 0.29) is 11.9 Å². The van der Waals surface area contributed by atoms with Crippen molar-refractivity contribution in [3.05, 3.63) is 78.4 Å². The van der Waals surface area contributed by atoms with Crippen LogP contribution in [0.3, 0.4) is 0 Å². The Kier molecular flexibility index (Phi) is 6.24. The van der Waals surface area contributed by atoms with Crippen molar-refractivity contribution in [2.45, 2.75) is 32.2 Å². The van der Waals surface area contributed by atoms with Gasteiger partial charge in [0, 0.05) is 31.4 Å². The molecular weight excluding hydrogens is 320 g/mol. The van der Waals surface area contributed by atoms with E-state index in [1.54, 1.807) is 0 Å². The second-order valence-electron chi connectivity index (χ2n) is 7.06. The fourth-order valence-corrected chi connectivity index (χ4v) is 3.65. The first-order valence-electron chi connectivity index (χ1n) is 9.46. The van der Waals surface area contributed by atoms with Crippen molar-refractivity contribution in [1.82, 2.24) is 4.90 Å². The maximum absolute atomic E-state index is 12.5. The first-order valence-corrected chi connectivity index (χ1v) is 9.46. The van der Waals surface area contributed by atoms with Crippen molar-refractivity contribution in [2.24, 2.45) is 0 Å². The van der Waals surface area contributed by atoms with Gasteiger partial charge in [0.1, 0.15) is 0 Å². The standard InChI is InChI=1S/C23H28N2O/c1-3-23(26)25(21-11-9-19(2)10-12-21)22-14-17-24(18-15-22)16-13-20-7-5-4-6-8-20/h3-12,22H,1,13-18H2,2H3. The molecule has 1 aliphatic rings. The van der Waals surface area contributed by atoms with Crippen LogP contribution in [0.4, 0.5) is 5.69 Å². The van der Waals surface area contributed by atoms with Crippen LogP contribution >= 0.6 is 0 Å². The highest BCUT2D eigenvalue weighted by molar-refractivity contribution is 6.01. The predicted molar refractivity (Wildman–Crippen MR) is 108 cm³/mol. The maximum atomic E-state index is 12.5. The van der Waals surface area contributed by atoms with Crippen molar-refractivity contribution >= 4 is 11.6 Å². The van der Waals surface area contributed by atoms with Gasteiger partial charge in [0.15, 0.2) is 0 Å². The molecule has 1 fully saturated rings. The van der Waals surface area contributed by atoms with Crippen LogP contribution in [0.1, 0.15) is 24.0 Å². The highest BCUT2D eigenvalue weighted by atomic mass is 16.2. The van der Waals surface area contributed by atoms with E-state index in [1.165, 1.54) is 17.2 Å². The zero-order chi connectivity index (χ0) is 18.4. The number of aryl methyl sites for hydroxylation is 1. The molecule has 0 N–H and O–H groups in total. The minimum atomic E-state index is -0.00316. The number of carbonyl (C=O) groups excluding carboxylic acids is 1. The van der Waals surface area contributed by atoms with Crippen molar-refractivity contribution in [1.29, 1.82) is 0 Å². The summed E-state index contributed by atoms with van der Waals surface area (Å²) < 4.78 is 0. The van der Waals surface area contributed by atoms with E-state index < -0.39 is 0 Å². The van der Waals surface area contributed by atoms with E-state index in [2.05, 4.69) is 60.9 Å². The number of hydrogen-bond donors (Lipinski definition) is 0. The molecule has 3 heteroatoms. The van der Waals surface area contributed by atoms with Gasteiger partial charge < -0.3 is 9.80 Å². The Morgan fingerprint density at radius 2 is 1.77 bits per heavy atom. The average molecular weight is 348 g/mol. The highest BCUT2D eigenvalue weighted by Crippen LogP contribution is 2.25. The normalized spacial score (nSPS) is 15.6. The molecule has 0 aliphatic carbocycles. The van der Waals surface area contributed by atoms with Crippen LogP contribution in [-0.4, -0.2) is 36.5 Å². The lowest BCUT2D eigenvalue weighted by Crippen LogP contribution is -2.47. The molecule has 1 amide bonds. The predicted octanol–water partition coefficient (Wildman–Crippen LogP) is 4.22. The molecule has 2 aromatic rings. The molecule has 136 valence electrons. The number of rotatable bonds is 6. The van der Waals surface area contributed by atoms with Gasteiger partial charge in [-0.3, -0.25) is 4.79 Å². The van der Waals surface area contributed by atoms with Crippen LogP contribution in [-0.2, 0) is 11.2 Å². The van der Waals surface area contributed by atoms with Crippen LogP contribution in [0.5, 0.6) is 0 Å². The van der Waals surface area contributed by atoms with E-state index in [4.69, 9.17) is 0 Å². The van der Waals surface area contributed by atoms with E-state index in [0.717, 1.165) is 44.6 Å². The number of hydrogen-bond acceptors (Lipinski definition) is 2. The average Bonchev–Trinajstić information content (AvgIpc) is 2.69. The third kappa shape index (κ3) is 4.61. The van der Waals surface area contributed by atoms with E-state index in [0.29, 0.717) is 0 Å². The number of nitrogens with zero attached hydrogens (tertiary/aromatic N) is 2. The summed E-state index contributed by atoms with van der Waals surface area (Å²) in [6.45, 7) is 8.90. The van der Waals surface area contributed by atoms with Crippen molar-refractivity contribution in [3.8, 4) is 0 Å². The minimum absolute atomic E-state index is 0.00316. The molecule has 0 radical (unpaired) electrons. The molecule has 1 aliphatic heterocycles. The van der Waals surface area contributed by atoms with Gasteiger partial charge in [-0.2, -0.15) is 0 Å². The molecule has 26 heavy (non-hydrogen) atoms. The van der Waals surface area contributed by atoms with Gasteiger partial charge in [0.2, 0.25) is 0 Å². The summed E-state index contributed by atoms with van der Waals surface area (Å²) in [5.74, 6) is -0.00316. The molecule has 0 unspecified atom stereocenters. The van der Waals surface area contributed by atoms with Gasteiger partial charge in [-0.15, -0.1) is 0 Å². The Bertz CT molecular complexity index is 716. The molecule has 0 bridgehead atoms. The highest BCUT2D eigenvalue weighted by Gasteiger charge is 2.27. The minimum Gasteiger partial charge on any atom is -0.306 e. The number of likely N-dealkylation sites (tertiary alicyclic amines) is 1. The Morgan fingerprint density at radius 3 is 2.38 bits per heavy atom. The molecule has 0 atom stereocenters. The summed E-state index contributed by atoms with van der Waals surface area (Å²) in [5, 5.41) is 0. The molecule has 3 rings (SSSR count). The molecule has 1 saturated heterocycles. The van der Waals surface area contributed by atoms with Crippen LogP contribution in [0, 0.1) is 6.92 Å². The Balaban J connectivity index is 1.59. The number of piperidine rings is 1. The molecule has 0 saturated carbocycles. The lowest BCUT2D eigenvalue weighted by molar-refractivity contribution is -0.114. The van der Waals surface area contributed by atoms with Crippen molar-refractivity contribution in [2.75, 3.05) is 24.5 Å². The summed E-state index contributed by atoms with van der Waals surface area (Å²) >= 11 is 0. The molecule has 0 spiro atoms. The maximum Gasteiger partial charge on any atom is 0.250 e. The summed E-state index contributed by atoms with van der Waals surface area (Å²) in [6.07, 6.45) is 4.52. The van der Waals surface area contributed by atoms with Crippen molar-refractivity contribution in [3.63, 3.8) is 0 Å². The van der Waals surface area contributed by atoms with Crippen LogP contribution in [0.2, 0.25) is 0 Å². The van der Waals surface area contributed by atoms with Gasteiger partial charge >= 0.3 is 0 Å². The van der Waals surface area contributed by atoms with Crippen molar-refractivity contribution < 1.29 is 4.79 Å². The fraction of sp³-hybridized carbons (Fsp3) is 0.348. The molecule has 2 aromatic carbocycles. The Labute approximate surface area is 156 Å². The molecular formula is C23H28N2O. The van der Waals surface area contributed by atoms with E-state index >= 15 is 0 Å². The van der Waals surface area contributed by atoms with Crippen LogP contribution in [0.25, 0.3) is 0 Å². The number of carbonyl (C=O) groups is 1. The van der Waals surface area contributed by atoms with Gasteiger partial charge in [-0.05, 0) is 50.0 Å². The first-order chi connectivity index (χ1) is 12.7. The zero-order valence-electron chi connectivity index (χ0n) is 15.6. The second kappa shape index (κ2) is 8.81. The lowest BCUT2D eigenvalue weighted by Gasteiger charge is -2.38. The summed E-state index contributed by atoms with van der Waals surface area (Å²) in [4.78, 5) is 16.9. The third-order valence-electron chi connectivity index (χ3n) is 5.21. The number of anilines is 1. The van der Waals surface area contributed by atoms with Gasteiger partial charge in [0.05, 0.1) is 0 Å². The third-order valence-corrected chi connectivity index (χ3v) is 5.21. The molecule has 0 aromatic heterocycles. The van der Waals surface area contributed by atoms with E-state index in [9.17, 15) is 4.79 Å². The van der Waals surface area contributed by atoms with Gasteiger partial charge in [-0.1, -0.05) is 54.6 Å². The van der Waals surface area contributed by atoms with E-state index in [1.807, 2.05) is 17.0 Å².